The summed E-state index contributed by atoms with van der Waals surface area (Å²) in [5, 5.41) is 7.85. The number of carbonyl (C=O) groups excluding carboxylic acids is 3. The molecule has 0 aliphatic carbocycles. The van der Waals surface area contributed by atoms with E-state index in [1.54, 1.807) is 30.3 Å². The molecule has 0 aliphatic heterocycles. The first-order valence-corrected chi connectivity index (χ1v) is 9.38. The number of esters is 1. The molecule has 7 heteroatoms. The summed E-state index contributed by atoms with van der Waals surface area (Å²) in [5.41, 5.74) is 1.23. The molecule has 0 unspecified atom stereocenters. The van der Waals surface area contributed by atoms with Gasteiger partial charge in [0, 0.05) is 28.2 Å². The van der Waals surface area contributed by atoms with Crippen LogP contribution in [0.3, 0.4) is 0 Å². The minimum Gasteiger partial charge on any atom is -0.456 e. The molecule has 6 nitrogen and oxygen atoms in total. The van der Waals surface area contributed by atoms with Crippen LogP contribution in [0.4, 0.5) is 11.4 Å². The fraction of sp³-hybridized carbons (Fsp3) is 0.136. The van der Waals surface area contributed by atoms with Crippen LogP contribution in [0.1, 0.15) is 12.8 Å². The van der Waals surface area contributed by atoms with Crippen molar-refractivity contribution >= 4 is 51.5 Å². The number of hydrogen-bond donors (Lipinski definition) is 2. The van der Waals surface area contributed by atoms with Crippen LogP contribution in [-0.2, 0) is 19.1 Å². The van der Waals surface area contributed by atoms with Gasteiger partial charge in [-0.05, 0) is 35.7 Å². The van der Waals surface area contributed by atoms with E-state index in [1.807, 2.05) is 36.4 Å². The third-order valence-corrected chi connectivity index (χ3v) is 4.36. The lowest BCUT2D eigenvalue weighted by Gasteiger charge is -2.09. The van der Waals surface area contributed by atoms with Crippen molar-refractivity contribution in [1.29, 1.82) is 0 Å². The molecule has 3 rings (SSSR count). The van der Waals surface area contributed by atoms with Gasteiger partial charge in [0.15, 0.2) is 6.61 Å². The van der Waals surface area contributed by atoms with Gasteiger partial charge in [-0.15, -0.1) is 0 Å². The molecule has 0 fully saturated rings. The summed E-state index contributed by atoms with van der Waals surface area (Å²) in [7, 11) is 0. The van der Waals surface area contributed by atoms with Crippen molar-refractivity contribution in [2.75, 3.05) is 17.2 Å². The summed E-state index contributed by atoms with van der Waals surface area (Å²) in [4.78, 5) is 35.8. The second-order valence-corrected chi connectivity index (χ2v) is 6.73. The first-order chi connectivity index (χ1) is 14.0. The Kier molecular flexibility index (Phi) is 6.81. The lowest BCUT2D eigenvalue weighted by Crippen LogP contribution is -2.22. The van der Waals surface area contributed by atoms with E-state index >= 15 is 0 Å². The molecule has 0 aliphatic rings. The highest BCUT2D eigenvalue weighted by molar-refractivity contribution is 6.30. The van der Waals surface area contributed by atoms with E-state index < -0.39 is 18.5 Å². The van der Waals surface area contributed by atoms with Crippen molar-refractivity contribution in [2.24, 2.45) is 0 Å². The van der Waals surface area contributed by atoms with Crippen LogP contribution in [0.2, 0.25) is 5.02 Å². The molecule has 2 amide bonds. The highest BCUT2D eigenvalue weighted by Gasteiger charge is 2.12. The molecular formula is C22H19ClN2O4. The van der Waals surface area contributed by atoms with E-state index in [0.29, 0.717) is 16.4 Å². The molecule has 2 N–H and O–H groups in total. The Labute approximate surface area is 172 Å². The highest BCUT2D eigenvalue weighted by atomic mass is 35.5. The van der Waals surface area contributed by atoms with Gasteiger partial charge in [0.05, 0.1) is 6.42 Å². The van der Waals surface area contributed by atoms with Crippen LogP contribution in [-0.4, -0.2) is 24.4 Å². The van der Waals surface area contributed by atoms with Crippen LogP contribution in [0.5, 0.6) is 0 Å². The zero-order valence-electron chi connectivity index (χ0n) is 15.5. The number of fused-ring (bicyclic) bond motifs is 1. The topological polar surface area (TPSA) is 84.5 Å². The molecule has 0 spiro atoms. The zero-order chi connectivity index (χ0) is 20.6. The van der Waals surface area contributed by atoms with Gasteiger partial charge in [-0.2, -0.15) is 0 Å². The lowest BCUT2D eigenvalue weighted by molar-refractivity contribution is -0.147. The second-order valence-electron chi connectivity index (χ2n) is 6.29. The summed E-state index contributed by atoms with van der Waals surface area (Å²) in [6, 6.07) is 19.8. The van der Waals surface area contributed by atoms with Crippen LogP contribution in [0.15, 0.2) is 66.7 Å². The third-order valence-electron chi connectivity index (χ3n) is 4.11. The maximum absolute atomic E-state index is 12.1. The first-order valence-electron chi connectivity index (χ1n) is 9.00. The molecule has 0 saturated carbocycles. The van der Waals surface area contributed by atoms with Crippen molar-refractivity contribution in [1.82, 2.24) is 0 Å². The van der Waals surface area contributed by atoms with Crippen molar-refractivity contribution < 1.29 is 19.1 Å². The highest BCUT2D eigenvalue weighted by Crippen LogP contribution is 2.22. The van der Waals surface area contributed by atoms with Gasteiger partial charge < -0.3 is 15.4 Å². The summed E-state index contributed by atoms with van der Waals surface area (Å²) < 4.78 is 4.96. The van der Waals surface area contributed by atoms with Gasteiger partial charge in [0.25, 0.3) is 5.91 Å². The van der Waals surface area contributed by atoms with Gasteiger partial charge in [0.2, 0.25) is 5.91 Å². The molecule has 0 radical (unpaired) electrons. The van der Waals surface area contributed by atoms with Crippen molar-refractivity contribution in [3.8, 4) is 0 Å². The summed E-state index contributed by atoms with van der Waals surface area (Å²) in [5.74, 6) is -1.39. The quantitative estimate of drug-likeness (QED) is 0.565. The Bertz CT molecular complexity index is 1030. The average molecular weight is 411 g/mol. The van der Waals surface area contributed by atoms with Gasteiger partial charge in [-0.3, -0.25) is 14.4 Å². The second kappa shape index (κ2) is 9.71. The molecule has 0 aromatic heterocycles. The molecule has 0 bridgehead atoms. The van der Waals surface area contributed by atoms with Gasteiger partial charge in [-0.25, -0.2) is 0 Å². The Balaban J connectivity index is 1.42. The number of rotatable bonds is 7. The molecular weight excluding hydrogens is 392 g/mol. The Morgan fingerprint density at radius 1 is 0.793 bits per heavy atom. The maximum atomic E-state index is 12.1. The van der Waals surface area contributed by atoms with Crippen LogP contribution in [0.25, 0.3) is 10.8 Å². The monoisotopic (exact) mass is 410 g/mol. The minimum absolute atomic E-state index is 0.0492. The summed E-state index contributed by atoms with van der Waals surface area (Å²) in [6.45, 7) is -0.416. The van der Waals surface area contributed by atoms with E-state index in [0.717, 1.165) is 10.8 Å². The summed E-state index contributed by atoms with van der Waals surface area (Å²) in [6.07, 6.45) is -0.173. The third kappa shape index (κ3) is 6.05. The Hall–Kier alpha value is -3.38. The van der Waals surface area contributed by atoms with Crippen molar-refractivity contribution in [3.63, 3.8) is 0 Å². The van der Waals surface area contributed by atoms with Gasteiger partial charge >= 0.3 is 5.97 Å². The number of benzene rings is 3. The Morgan fingerprint density at radius 2 is 1.52 bits per heavy atom. The molecule has 0 saturated heterocycles. The number of ether oxygens (including phenoxy) is 1. The first kappa shape index (κ1) is 20.4. The number of anilines is 2. The molecule has 3 aromatic rings. The van der Waals surface area contributed by atoms with Crippen LogP contribution < -0.4 is 10.6 Å². The SMILES string of the molecule is O=C(CCC(=O)OCC(=O)Nc1cccc2ccccc12)Nc1ccc(Cl)cc1. The predicted octanol–water partition coefficient (Wildman–Crippen LogP) is 4.39. The zero-order valence-corrected chi connectivity index (χ0v) is 16.2. The number of carbonyl (C=O) groups is 3. The van der Waals surface area contributed by atoms with E-state index in [-0.39, 0.29) is 18.7 Å². The number of nitrogens with one attached hydrogen (secondary N) is 2. The molecule has 0 atom stereocenters. The standard InChI is InChI=1S/C22H19ClN2O4/c23-16-8-10-17(11-9-16)24-20(26)12-13-22(28)29-14-21(27)25-19-7-3-5-15-4-1-2-6-18(15)19/h1-11H,12-14H2,(H,24,26)(H,25,27). The normalized spacial score (nSPS) is 10.4. The predicted molar refractivity (Wildman–Crippen MR) is 113 cm³/mol. The van der Waals surface area contributed by atoms with E-state index in [4.69, 9.17) is 16.3 Å². The lowest BCUT2D eigenvalue weighted by atomic mass is 10.1. The maximum Gasteiger partial charge on any atom is 0.306 e. The summed E-state index contributed by atoms with van der Waals surface area (Å²) >= 11 is 5.78. The van der Waals surface area contributed by atoms with E-state index in [2.05, 4.69) is 10.6 Å². The minimum atomic E-state index is -0.621. The fourth-order valence-corrected chi connectivity index (χ4v) is 2.84. The van der Waals surface area contributed by atoms with Crippen LogP contribution >= 0.6 is 11.6 Å². The van der Waals surface area contributed by atoms with E-state index in [9.17, 15) is 14.4 Å². The number of amides is 2. The molecule has 3 aromatic carbocycles. The molecule has 148 valence electrons. The number of hydrogen-bond acceptors (Lipinski definition) is 4. The van der Waals surface area contributed by atoms with Crippen molar-refractivity contribution in [3.05, 3.63) is 71.8 Å². The van der Waals surface area contributed by atoms with E-state index in [1.165, 1.54) is 0 Å². The van der Waals surface area contributed by atoms with Gasteiger partial charge in [-0.1, -0.05) is 48.0 Å². The smallest absolute Gasteiger partial charge is 0.306 e. The average Bonchev–Trinajstić information content (AvgIpc) is 2.73. The molecule has 29 heavy (non-hydrogen) atoms. The largest absolute Gasteiger partial charge is 0.456 e. The molecule has 0 heterocycles. The Morgan fingerprint density at radius 3 is 2.31 bits per heavy atom. The van der Waals surface area contributed by atoms with Crippen molar-refractivity contribution in [2.45, 2.75) is 12.8 Å². The number of halogens is 1. The van der Waals surface area contributed by atoms with Crippen LogP contribution in [0, 0.1) is 0 Å². The van der Waals surface area contributed by atoms with Gasteiger partial charge in [0.1, 0.15) is 0 Å². The fourth-order valence-electron chi connectivity index (χ4n) is 2.71.